The van der Waals surface area contributed by atoms with Crippen LogP contribution in [0.4, 0.5) is 0 Å². The van der Waals surface area contributed by atoms with Gasteiger partial charge in [0.2, 0.25) is 0 Å². The van der Waals surface area contributed by atoms with Crippen molar-refractivity contribution in [1.29, 1.82) is 0 Å². The molecule has 0 aromatic carbocycles. The van der Waals surface area contributed by atoms with Crippen molar-refractivity contribution in [1.82, 2.24) is 0 Å². The number of hydrogen-bond acceptors (Lipinski definition) is 3. The van der Waals surface area contributed by atoms with E-state index in [1.54, 1.807) is 0 Å². The normalized spacial score (nSPS) is 21.3. The average Bonchev–Trinajstić information content (AvgIpc) is 2.57. The fourth-order valence-electron chi connectivity index (χ4n) is 0.351. The van der Waals surface area contributed by atoms with Gasteiger partial charge in [0.25, 0.3) is 0 Å². The standard InChI is InChI=1S/C4H6I2O2.C2H8N2/c7-4(8)3-1-2-5-6-3;3-1-2-4/h1-3,5-6H,(H,7,8);1-4H2. The van der Waals surface area contributed by atoms with Gasteiger partial charge in [-0.25, -0.2) is 0 Å². The molecular formula is C6H14I2N2O2. The number of carboxylic acids is 1. The van der Waals surface area contributed by atoms with Gasteiger partial charge in [-0.15, -0.1) is 0 Å². The van der Waals surface area contributed by atoms with Gasteiger partial charge in [-0.2, -0.15) is 0 Å². The Balaban J connectivity index is 0.000000261. The molecule has 0 bridgehead atoms. The summed E-state index contributed by atoms with van der Waals surface area (Å²) in [6.45, 7) is 1.19. The van der Waals surface area contributed by atoms with E-state index >= 15 is 0 Å². The minimum absolute atomic E-state index is 0.0113. The first-order valence-electron chi connectivity index (χ1n) is 3.34. The van der Waals surface area contributed by atoms with E-state index in [4.69, 9.17) is 16.6 Å². The molecular weight excluding hydrogens is 386 g/mol. The number of carbonyl (C=O) groups is 1. The van der Waals surface area contributed by atoms with Crippen LogP contribution in [0.5, 0.6) is 0 Å². The minimum atomic E-state index is -0.605. The zero-order valence-electron chi connectivity index (χ0n) is 6.47. The number of halogens is 2. The monoisotopic (exact) mass is 400 g/mol. The fraction of sp³-hybridized carbons (Fsp3) is 0.500. The molecule has 1 aliphatic rings. The van der Waals surface area contributed by atoms with Crippen LogP contribution in [-0.2, 0) is 4.79 Å². The van der Waals surface area contributed by atoms with Crippen molar-refractivity contribution in [2.75, 3.05) is 13.1 Å². The van der Waals surface area contributed by atoms with Gasteiger partial charge in [0, 0.05) is 13.1 Å². The Morgan fingerprint density at radius 2 is 2.08 bits per heavy atom. The molecule has 0 radical (unpaired) electrons. The van der Waals surface area contributed by atoms with Crippen molar-refractivity contribution in [3.63, 3.8) is 0 Å². The summed E-state index contributed by atoms with van der Waals surface area (Å²) in [7, 11) is 0. The molecule has 6 heteroatoms. The third-order valence-electron chi connectivity index (χ3n) is 0.878. The van der Waals surface area contributed by atoms with Crippen molar-refractivity contribution in [3.8, 4) is 0 Å². The van der Waals surface area contributed by atoms with Gasteiger partial charge in [-0.3, -0.25) is 0 Å². The van der Waals surface area contributed by atoms with Crippen molar-refractivity contribution >= 4 is 40.4 Å². The van der Waals surface area contributed by atoms with Crippen LogP contribution in [0.3, 0.4) is 0 Å². The topological polar surface area (TPSA) is 89.3 Å². The zero-order chi connectivity index (χ0) is 9.40. The predicted molar refractivity (Wildman–Crippen MR) is 69.5 cm³/mol. The molecule has 1 heterocycles. The molecule has 4 nitrogen and oxygen atoms in total. The second kappa shape index (κ2) is 8.20. The molecule has 0 aliphatic carbocycles. The molecule has 0 amide bonds. The van der Waals surface area contributed by atoms with Crippen LogP contribution in [0.15, 0.2) is 10.2 Å². The van der Waals surface area contributed by atoms with Crippen molar-refractivity contribution in [2.24, 2.45) is 11.5 Å². The Morgan fingerprint density at radius 1 is 1.50 bits per heavy atom. The Labute approximate surface area is 88.3 Å². The Bertz CT molecular complexity index is 162. The molecule has 0 spiro atoms. The Kier molecular flexibility index (Phi) is 8.60. The second-order valence-electron chi connectivity index (χ2n) is 1.86. The molecule has 74 valence electrons. The Hall–Kier alpha value is 0.590. The molecule has 0 aromatic heterocycles. The van der Waals surface area contributed by atoms with Crippen molar-refractivity contribution in [3.05, 3.63) is 10.2 Å². The number of alkyl halides is 1. The molecule has 0 fully saturated rings. The van der Waals surface area contributed by atoms with Crippen LogP contribution in [-0.4, -0.2) is 28.1 Å². The molecule has 5 N–H and O–H groups in total. The van der Waals surface area contributed by atoms with E-state index in [0.717, 1.165) is 0 Å². The molecule has 0 aromatic rings. The molecule has 1 aliphatic heterocycles. The summed E-state index contributed by atoms with van der Waals surface area (Å²) in [5, 5.41) is 8.42. The first kappa shape index (κ1) is 12.6. The van der Waals surface area contributed by atoms with Crippen molar-refractivity contribution < 1.29 is 9.90 Å². The summed E-state index contributed by atoms with van der Waals surface area (Å²) in [5.41, 5.74) is 9.81. The van der Waals surface area contributed by atoms with E-state index in [1.807, 2.05) is 6.08 Å². The number of nitrogens with two attached hydrogens (primary N) is 2. The molecule has 1 rings (SSSR count). The second-order valence-corrected chi connectivity index (χ2v) is 12.6. The van der Waals surface area contributed by atoms with Crippen LogP contribution < -0.4 is 11.5 Å². The van der Waals surface area contributed by atoms with Gasteiger partial charge in [-0.05, 0) is 0 Å². The molecule has 12 heavy (non-hydrogen) atoms. The van der Waals surface area contributed by atoms with Crippen LogP contribution in [0, 0.1) is 0 Å². The maximum atomic E-state index is 10.2. The SMILES string of the molecule is NCCN.O=C(O)C1C=C[IH][IH]1. The first-order chi connectivity index (χ1) is 5.72. The van der Waals surface area contributed by atoms with Crippen LogP contribution >= 0.6 is 34.5 Å². The summed E-state index contributed by atoms with van der Waals surface area (Å²) in [5.74, 6) is -0.605. The van der Waals surface area contributed by atoms with E-state index in [-0.39, 0.29) is 38.4 Å². The maximum absolute atomic E-state index is 10.2. The average molecular weight is 400 g/mol. The summed E-state index contributed by atoms with van der Waals surface area (Å²) in [6, 6.07) is 0. The summed E-state index contributed by atoms with van der Waals surface area (Å²) >= 11 is -0.0134. The fourth-order valence-corrected chi connectivity index (χ4v) is 10.7. The van der Waals surface area contributed by atoms with Crippen LogP contribution in [0.1, 0.15) is 0 Å². The third kappa shape index (κ3) is 6.14. The number of hydrogen-bond donors (Lipinski definition) is 3. The molecule has 0 saturated heterocycles. The van der Waals surface area contributed by atoms with Gasteiger partial charge in [0.15, 0.2) is 0 Å². The molecule has 1 unspecified atom stereocenters. The summed E-state index contributed by atoms with van der Waals surface area (Å²) < 4.78 is 2.09. The summed E-state index contributed by atoms with van der Waals surface area (Å²) in [6.07, 6.45) is 1.87. The van der Waals surface area contributed by atoms with Gasteiger partial charge < -0.3 is 11.5 Å². The van der Waals surface area contributed by atoms with Gasteiger partial charge in [0.1, 0.15) is 0 Å². The van der Waals surface area contributed by atoms with Gasteiger partial charge >= 0.3 is 64.4 Å². The molecule has 0 saturated carbocycles. The number of rotatable bonds is 2. The first-order valence-corrected chi connectivity index (χ1v) is 13.4. The summed E-state index contributed by atoms with van der Waals surface area (Å²) in [4.78, 5) is 10.2. The van der Waals surface area contributed by atoms with Crippen molar-refractivity contribution in [2.45, 2.75) is 3.92 Å². The quantitative estimate of drug-likeness (QED) is 0.457. The van der Waals surface area contributed by atoms with Gasteiger partial charge in [-0.1, -0.05) is 0 Å². The van der Waals surface area contributed by atoms with Crippen LogP contribution in [0.25, 0.3) is 0 Å². The van der Waals surface area contributed by atoms with E-state index in [9.17, 15) is 4.79 Å². The zero-order valence-corrected chi connectivity index (χ0v) is 11.1. The van der Waals surface area contributed by atoms with E-state index in [0.29, 0.717) is 13.1 Å². The number of aliphatic carboxylic acids is 1. The molecule has 1 atom stereocenters. The van der Waals surface area contributed by atoms with E-state index in [1.165, 1.54) is 0 Å². The van der Waals surface area contributed by atoms with Crippen LogP contribution in [0.2, 0.25) is 0 Å². The van der Waals surface area contributed by atoms with E-state index in [2.05, 4.69) is 4.08 Å². The van der Waals surface area contributed by atoms with Gasteiger partial charge in [0.05, 0.1) is 0 Å². The Morgan fingerprint density at radius 3 is 2.25 bits per heavy atom. The number of carboxylic acid groups (broad SMARTS) is 1. The third-order valence-corrected chi connectivity index (χ3v) is 11.8. The predicted octanol–water partition coefficient (Wildman–Crippen LogP) is 0.192. The van der Waals surface area contributed by atoms with E-state index < -0.39 is 5.97 Å².